The number of carbonyl (C=O) groups excluding carboxylic acids is 1. The molecule has 0 bridgehead atoms. The molecule has 1 saturated heterocycles. The number of aliphatic hydroxyl groups excluding tert-OH is 1. The molecule has 0 saturated carbocycles. The largest absolute Gasteiger partial charge is 0.444 e. The number of rotatable bonds is 3. The van der Waals surface area contributed by atoms with E-state index in [0.29, 0.717) is 0 Å². The number of nitrogens with zero attached hydrogens (tertiary/aromatic N) is 1. The molecule has 0 aromatic heterocycles. The summed E-state index contributed by atoms with van der Waals surface area (Å²) in [4.78, 5) is 14.3. The molecule has 0 aromatic rings. The van der Waals surface area contributed by atoms with Crippen molar-refractivity contribution in [3.63, 3.8) is 0 Å². The van der Waals surface area contributed by atoms with Crippen LogP contribution in [0.3, 0.4) is 0 Å². The van der Waals surface area contributed by atoms with Gasteiger partial charge in [0.2, 0.25) is 0 Å². The summed E-state index contributed by atoms with van der Waals surface area (Å²) < 4.78 is 5.53. The molecule has 4 heteroatoms. The Morgan fingerprint density at radius 2 is 2.00 bits per heavy atom. The van der Waals surface area contributed by atoms with Gasteiger partial charge in [0.1, 0.15) is 5.60 Å². The summed E-state index contributed by atoms with van der Waals surface area (Å²) in [6.07, 6.45) is 4.36. The number of amides is 1. The third kappa shape index (κ3) is 4.97. The molecule has 1 aliphatic rings. The maximum absolute atomic E-state index is 12.4. The predicted octanol–water partition coefficient (Wildman–Crippen LogP) is 3.57. The van der Waals surface area contributed by atoms with Gasteiger partial charge in [-0.05, 0) is 40.0 Å². The second kappa shape index (κ2) is 7.30. The fourth-order valence-electron chi connectivity index (χ4n) is 2.86. The van der Waals surface area contributed by atoms with Gasteiger partial charge < -0.3 is 14.7 Å². The quantitative estimate of drug-likeness (QED) is 0.862. The zero-order valence-electron chi connectivity index (χ0n) is 13.7. The second-order valence-corrected chi connectivity index (χ2v) is 6.93. The monoisotopic (exact) mass is 285 g/mol. The highest BCUT2D eigenvalue weighted by atomic mass is 16.6. The molecule has 0 aliphatic carbocycles. The lowest BCUT2D eigenvalue weighted by atomic mass is 9.90. The van der Waals surface area contributed by atoms with Gasteiger partial charge in [0, 0.05) is 18.5 Å². The van der Waals surface area contributed by atoms with Crippen LogP contribution in [0.4, 0.5) is 4.79 Å². The van der Waals surface area contributed by atoms with Crippen molar-refractivity contribution in [3.05, 3.63) is 0 Å². The molecule has 4 nitrogen and oxygen atoms in total. The summed E-state index contributed by atoms with van der Waals surface area (Å²) in [6, 6.07) is 0.0855. The molecule has 1 heterocycles. The standard InChI is InChI=1S/C16H31NO3/c1-6-14(18)12(2)13-10-8-7-9-11-17(13)15(19)20-16(3,4)5/h12-14,18H,6-11H2,1-5H3. The minimum absolute atomic E-state index is 0.0855. The summed E-state index contributed by atoms with van der Waals surface area (Å²) in [5.41, 5.74) is -0.472. The van der Waals surface area contributed by atoms with Gasteiger partial charge in [-0.25, -0.2) is 4.79 Å². The molecule has 1 fully saturated rings. The van der Waals surface area contributed by atoms with Crippen molar-refractivity contribution in [2.45, 2.75) is 84.5 Å². The maximum atomic E-state index is 12.4. The van der Waals surface area contributed by atoms with Gasteiger partial charge in [0.25, 0.3) is 0 Å². The summed E-state index contributed by atoms with van der Waals surface area (Å²) in [5, 5.41) is 10.1. The van der Waals surface area contributed by atoms with Gasteiger partial charge in [-0.3, -0.25) is 0 Å². The Hall–Kier alpha value is -0.770. The first-order chi connectivity index (χ1) is 9.26. The molecule has 1 aliphatic heterocycles. The van der Waals surface area contributed by atoms with Crippen LogP contribution in [0, 0.1) is 5.92 Å². The lowest BCUT2D eigenvalue weighted by molar-refractivity contribution is -0.00328. The smallest absolute Gasteiger partial charge is 0.410 e. The van der Waals surface area contributed by atoms with Crippen molar-refractivity contribution in [1.29, 1.82) is 0 Å². The molecule has 0 aromatic carbocycles. The van der Waals surface area contributed by atoms with Crippen LogP contribution in [0.5, 0.6) is 0 Å². The van der Waals surface area contributed by atoms with E-state index in [4.69, 9.17) is 4.74 Å². The van der Waals surface area contributed by atoms with Crippen LogP contribution in [-0.4, -0.2) is 40.4 Å². The first kappa shape index (κ1) is 17.3. The lowest BCUT2D eigenvalue weighted by Gasteiger charge is -2.37. The topological polar surface area (TPSA) is 49.8 Å². The molecule has 0 radical (unpaired) electrons. The van der Waals surface area contributed by atoms with Gasteiger partial charge in [0.15, 0.2) is 0 Å². The van der Waals surface area contributed by atoms with Crippen LogP contribution in [0.25, 0.3) is 0 Å². The van der Waals surface area contributed by atoms with Crippen molar-refractivity contribution in [2.24, 2.45) is 5.92 Å². The van der Waals surface area contributed by atoms with E-state index >= 15 is 0 Å². The molecule has 3 unspecified atom stereocenters. The zero-order valence-corrected chi connectivity index (χ0v) is 13.7. The predicted molar refractivity (Wildman–Crippen MR) is 80.7 cm³/mol. The molecular weight excluding hydrogens is 254 g/mol. The number of hydrogen-bond donors (Lipinski definition) is 1. The minimum atomic E-state index is -0.472. The fraction of sp³-hybridized carbons (Fsp3) is 0.938. The number of likely N-dealkylation sites (tertiary alicyclic amines) is 1. The van der Waals surface area contributed by atoms with Crippen molar-refractivity contribution < 1.29 is 14.6 Å². The van der Waals surface area contributed by atoms with E-state index in [1.807, 2.05) is 39.5 Å². The van der Waals surface area contributed by atoms with E-state index < -0.39 is 5.60 Å². The van der Waals surface area contributed by atoms with Crippen molar-refractivity contribution in [3.8, 4) is 0 Å². The molecule has 118 valence electrons. The summed E-state index contributed by atoms with van der Waals surface area (Å²) in [7, 11) is 0. The Morgan fingerprint density at radius 3 is 2.55 bits per heavy atom. The van der Waals surface area contributed by atoms with Crippen LogP contribution >= 0.6 is 0 Å². The van der Waals surface area contributed by atoms with Gasteiger partial charge >= 0.3 is 6.09 Å². The van der Waals surface area contributed by atoms with E-state index in [0.717, 1.165) is 38.6 Å². The molecule has 3 atom stereocenters. The highest BCUT2D eigenvalue weighted by Gasteiger charge is 2.34. The van der Waals surface area contributed by atoms with Gasteiger partial charge in [-0.1, -0.05) is 26.7 Å². The van der Waals surface area contributed by atoms with E-state index in [1.54, 1.807) is 0 Å². The first-order valence-electron chi connectivity index (χ1n) is 7.94. The Balaban J connectivity index is 2.83. The van der Waals surface area contributed by atoms with Crippen LogP contribution in [0.1, 0.15) is 66.7 Å². The van der Waals surface area contributed by atoms with Gasteiger partial charge in [0.05, 0.1) is 6.10 Å². The van der Waals surface area contributed by atoms with Crippen LogP contribution < -0.4 is 0 Å². The minimum Gasteiger partial charge on any atom is -0.444 e. The maximum Gasteiger partial charge on any atom is 0.410 e. The third-order valence-electron chi connectivity index (χ3n) is 4.06. The number of hydrogen-bond acceptors (Lipinski definition) is 3. The molecule has 1 amide bonds. The van der Waals surface area contributed by atoms with Gasteiger partial charge in [-0.15, -0.1) is 0 Å². The van der Waals surface area contributed by atoms with Crippen LogP contribution in [0.2, 0.25) is 0 Å². The SMILES string of the molecule is CCC(O)C(C)C1CCCCCN1C(=O)OC(C)(C)C. The number of carbonyl (C=O) groups is 1. The van der Waals surface area contributed by atoms with E-state index in [1.165, 1.54) is 0 Å². The molecule has 20 heavy (non-hydrogen) atoms. The van der Waals surface area contributed by atoms with Crippen molar-refractivity contribution >= 4 is 6.09 Å². The number of aliphatic hydroxyl groups is 1. The summed E-state index contributed by atoms with van der Waals surface area (Å²) in [6.45, 7) is 10.4. The van der Waals surface area contributed by atoms with Crippen LogP contribution in [-0.2, 0) is 4.74 Å². The van der Waals surface area contributed by atoms with Crippen molar-refractivity contribution in [2.75, 3.05) is 6.54 Å². The van der Waals surface area contributed by atoms with Crippen LogP contribution in [0.15, 0.2) is 0 Å². The van der Waals surface area contributed by atoms with E-state index in [2.05, 4.69) is 0 Å². The Bertz CT molecular complexity index is 311. The van der Waals surface area contributed by atoms with Gasteiger partial charge in [-0.2, -0.15) is 0 Å². The molecular formula is C16H31NO3. The third-order valence-corrected chi connectivity index (χ3v) is 4.06. The normalized spacial score (nSPS) is 23.9. The highest BCUT2D eigenvalue weighted by molar-refractivity contribution is 5.68. The Labute approximate surface area is 123 Å². The Morgan fingerprint density at radius 1 is 1.35 bits per heavy atom. The zero-order chi connectivity index (χ0) is 15.3. The molecule has 1 rings (SSSR count). The fourth-order valence-corrected chi connectivity index (χ4v) is 2.86. The summed E-state index contributed by atoms with van der Waals surface area (Å²) in [5.74, 6) is 0.0885. The average molecular weight is 285 g/mol. The highest BCUT2D eigenvalue weighted by Crippen LogP contribution is 2.27. The summed E-state index contributed by atoms with van der Waals surface area (Å²) >= 11 is 0. The second-order valence-electron chi connectivity index (χ2n) is 6.93. The lowest BCUT2D eigenvalue weighted by Crippen LogP contribution is -2.48. The van der Waals surface area contributed by atoms with Crippen molar-refractivity contribution in [1.82, 2.24) is 4.90 Å². The number of ether oxygens (including phenoxy) is 1. The average Bonchev–Trinajstić information content (AvgIpc) is 2.60. The first-order valence-corrected chi connectivity index (χ1v) is 7.94. The van der Waals surface area contributed by atoms with E-state index in [-0.39, 0.29) is 24.2 Å². The Kier molecular flexibility index (Phi) is 6.31. The molecule has 0 spiro atoms. The molecule has 1 N–H and O–H groups in total. The van der Waals surface area contributed by atoms with E-state index in [9.17, 15) is 9.90 Å².